The first-order valence-electron chi connectivity index (χ1n) is 7.14. The van der Waals surface area contributed by atoms with E-state index in [2.05, 4.69) is 60.0 Å². The second-order valence-corrected chi connectivity index (χ2v) is 8.35. The molecule has 1 fully saturated rings. The molecule has 1 aliphatic rings. The van der Waals surface area contributed by atoms with E-state index in [9.17, 15) is 0 Å². The minimum Gasteiger partial charge on any atom is -0.335 e. The van der Waals surface area contributed by atoms with Gasteiger partial charge in [-0.15, -0.1) is 0 Å². The van der Waals surface area contributed by atoms with Gasteiger partial charge in [0.25, 0.3) is 0 Å². The molecule has 5 heteroatoms. The van der Waals surface area contributed by atoms with Gasteiger partial charge in [-0.3, -0.25) is 0 Å². The Kier molecular flexibility index (Phi) is 5.66. The van der Waals surface area contributed by atoms with Gasteiger partial charge in [-0.1, -0.05) is 20.8 Å². The van der Waals surface area contributed by atoms with Crippen LogP contribution in [0.2, 0.25) is 0 Å². The van der Waals surface area contributed by atoms with Crippen LogP contribution in [0.4, 0.5) is 0 Å². The number of imidazole rings is 1. The molecule has 19 heavy (non-hydrogen) atoms. The van der Waals surface area contributed by atoms with E-state index in [0.717, 1.165) is 30.5 Å². The number of aromatic nitrogens is 2. The average Bonchev–Trinajstić information content (AvgIpc) is 2.80. The van der Waals surface area contributed by atoms with Gasteiger partial charge in [-0.05, 0) is 6.42 Å². The van der Waals surface area contributed by atoms with Crippen LogP contribution < -0.4 is 5.73 Å². The van der Waals surface area contributed by atoms with Gasteiger partial charge < -0.3 is 10.3 Å². The Bertz CT molecular complexity index is 394. The normalized spacial score (nSPS) is 29.4. The first-order chi connectivity index (χ1) is 9.11. The predicted octanol–water partition coefficient (Wildman–Crippen LogP) is 2.79. The van der Waals surface area contributed by atoms with E-state index in [1.54, 1.807) is 0 Å². The number of nitrogens with two attached hydrogens (primary N) is 1. The summed E-state index contributed by atoms with van der Waals surface area (Å²) in [5.74, 6) is 2.32. The lowest BCUT2D eigenvalue weighted by atomic mass is 10.1. The van der Waals surface area contributed by atoms with E-state index < -0.39 is 0 Å². The van der Waals surface area contributed by atoms with Crippen molar-refractivity contribution < 1.29 is 0 Å². The Morgan fingerprint density at radius 2 is 2.26 bits per heavy atom. The minimum atomic E-state index is 0.213. The third-order valence-corrected chi connectivity index (χ3v) is 7.31. The summed E-state index contributed by atoms with van der Waals surface area (Å²) in [5, 5.41) is 2.00. The van der Waals surface area contributed by atoms with Crippen molar-refractivity contribution in [2.45, 2.75) is 61.9 Å². The third kappa shape index (κ3) is 3.92. The molecule has 0 saturated carbocycles. The zero-order valence-electron chi connectivity index (χ0n) is 12.1. The van der Waals surface area contributed by atoms with E-state index in [0.29, 0.717) is 10.5 Å². The molecule has 108 valence electrons. The second-order valence-electron chi connectivity index (χ2n) is 5.32. The summed E-state index contributed by atoms with van der Waals surface area (Å²) in [6.45, 7) is 7.87. The van der Waals surface area contributed by atoms with Crippen molar-refractivity contribution in [3.8, 4) is 0 Å². The van der Waals surface area contributed by atoms with Crippen molar-refractivity contribution in [1.29, 1.82) is 0 Å². The van der Waals surface area contributed by atoms with Gasteiger partial charge in [-0.2, -0.15) is 23.5 Å². The van der Waals surface area contributed by atoms with Crippen LogP contribution in [-0.2, 0) is 13.0 Å². The Hall–Kier alpha value is -0.130. The van der Waals surface area contributed by atoms with Crippen LogP contribution in [0.25, 0.3) is 0 Å². The number of hydrogen-bond donors (Lipinski definition) is 1. The Balaban J connectivity index is 1.93. The number of nitrogens with zero attached hydrogens (tertiary/aromatic N) is 2. The topological polar surface area (TPSA) is 43.8 Å². The summed E-state index contributed by atoms with van der Waals surface area (Å²) in [7, 11) is 0. The number of hydrogen-bond acceptors (Lipinski definition) is 4. The standard InChI is InChI=1S/C14H25N3S2/c1-4-6-17-7-5-16-14(17)8-12(15)13-9-18-10(2)11(3)19-13/h5,7,10-13H,4,6,8-9,15H2,1-3H3. The Morgan fingerprint density at radius 3 is 2.95 bits per heavy atom. The zero-order valence-corrected chi connectivity index (χ0v) is 13.7. The van der Waals surface area contributed by atoms with E-state index in [1.807, 2.05) is 6.20 Å². The lowest BCUT2D eigenvalue weighted by Gasteiger charge is -2.34. The first-order valence-corrected chi connectivity index (χ1v) is 9.13. The van der Waals surface area contributed by atoms with Crippen LogP contribution in [0, 0.1) is 0 Å². The lowest BCUT2D eigenvalue weighted by Crippen LogP contribution is -2.41. The third-order valence-electron chi connectivity index (χ3n) is 3.74. The molecule has 0 spiro atoms. The lowest BCUT2D eigenvalue weighted by molar-refractivity contribution is 0.580. The average molecular weight is 300 g/mol. The molecule has 0 aliphatic carbocycles. The van der Waals surface area contributed by atoms with Crippen LogP contribution in [0.5, 0.6) is 0 Å². The molecule has 2 rings (SSSR count). The van der Waals surface area contributed by atoms with Crippen LogP contribution in [-0.4, -0.2) is 37.1 Å². The molecule has 4 unspecified atom stereocenters. The van der Waals surface area contributed by atoms with Crippen LogP contribution >= 0.6 is 23.5 Å². The summed E-state index contributed by atoms with van der Waals surface area (Å²) in [6, 6.07) is 0.213. The van der Waals surface area contributed by atoms with E-state index in [1.165, 1.54) is 5.75 Å². The summed E-state index contributed by atoms with van der Waals surface area (Å²) in [5.41, 5.74) is 6.42. The molecule has 1 saturated heterocycles. The monoisotopic (exact) mass is 299 g/mol. The van der Waals surface area contributed by atoms with Gasteiger partial charge in [0.1, 0.15) is 5.82 Å². The molecule has 2 heterocycles. The van der Waals surface area contributed by atoms with Crippen molar-refractivity contribution in [2.24, 2.45) is 5.73 Å². The van der Waals surface area contributed by atoms with Crippen molar-refractivity contribution in [1.82, 2.24) is 9.55 Å². The summed E-state index contributed by atoms with van der Waals surface area (Å²) in [4.78, 5) is 4.47. The highest BCUT2D eigenvalue weighted by molar-refractivity contribution is 8.07. The number of rotatable bonds is 5. The highest BCUT2D eigenvalue weighted by Gasteiger charge is 2.30. The van der Waals surface area contributed by atoms with Crippen molar-refractivity contribution in [3.05, 3.63) is 18.2 Å². The summed E-state index contributed by atoms with van der Waals surface area (Å²) < 4.78 is 2.24. The van der Waals surface area contributed by atoms with Gasteiger partial charge in [-0.25, -0.2) is 4.98 Å². The zero-order chi connectivity index (χ0) is 13.8. The molecule has 1 aromatic heterocycles. The molecular weight excluding hydrogens is 274 g/mol. The molecule has 0 amide bonds. The maximum absolute atomic E-state index is 6.42. The first kappa shape index (κ1) is 15.3. The fraction of sp³-hybridized carbons (Fsp3) is 0.786. The summed E-state index contributed by atoms with van der Waals surface area (Å²) in [6.07, 6.45) is 6.00. The van der Waals surface area contributed by atoms with Gasteiger partial charge in [0.2, 0.25) is 0 Å². The van der Waals surface area contributed by atoms with E-state index >= 15 is 0 Å². The quantitative estimate of drug-likeness (QED) is 0.908. The summed E-state index contributed by atoms with van der Waals surface area (Å²) >= 11 is 4.12. The Labute approximate surface area is 125 Å². The molecular formula is C14H25N3S2. The fourth-order valence-electron chi connectivity index (χ4n) is 2.35. The Morgan fingerprint density at radius 1 is 1.47 bits per heavy atom. The predicted molar refractivity (Wildman–Crippen MR) is 87.0 cm³/mol. The molecule has 0 aromatic carbocycles. The second kappa shape index (κ2) is 7.04. The van der Waals surface area contributed by atoms with Crippen LogP contribution in [0.15, 0.2) is 12.4 Å². The molecule has 4 atom stereocenters. The van der Waals surface area contributed by atoms with Gasteiger partial charge in [0, 0.05) is 52.9 Å². The van der Waals surface area contributed by atoms with Gasteiger partial charge in [0.15, 0.2) is 0 Å². The highest BCUT2D eigenvalue weighted by atomic mass is 32.2. The number of thioether (sulfide) groups is 2. The SMILES string of the molecule is CCCn1ccnc1CC(N)C1CSC(C)C(C)S1. The van der Waals surface area contributed by atoms with Crippen molar-refractivity contribution in [3.63, 3.8) is 0 Å². The van der Waals surface area contributed by atoms with Crippen molar-refractivity contribution >= 4 is 23.5 Å². The maximum atomic E-state index is 6.42. The van der Waals surface area contributed by atoms with Crippen LogP contribution in [0.3, 0.4) is 0 Å². The molecule has 1 aromatic rings. The molecule has 1 aliphatic heterocycles. The molecule has 0 bridgehead atoms. The molecule has 0 radical (unpaired) electrons. The maximum Gasteiger partial charge on any atom is 0.110 e. The van der Waals surface area contributed by atoms with Gasteiger partial charge in [0.05, 0.1) is 0 Å². The largest absolute Gasteiger partial charge is 0.335 e. The smallest absolute Gasteiger partial charge is 0.110 e. The molecule has 3 nitrogen and oxygen atoms in total. The van der Waals surface area contributed by atoms with E-state index in [4.69, 9.17) is 5.73 Å². The minimum absolute atomic E-state index is 0.213. The van der Waals surface area contributed by atoms with Crippen LogP contribution in [0.1, 0.15) is 33.0 Å². The van der Waals surface area contributed by atoms with Crippen molar-refractivity contribution in [2.75, 3.05) is 5.75 Å². The fourth-order valence-corrected chi connectivity index (χ4v) is 5.41. The molecule has 2 N–H and O–H groups in total. The highest BCUT2D eigenvalue weighted by Crippen LogP contribution is 2.37. The number of aryl methyl sites for hydroxylation is 1. The van der Waals surface area contributed by atoms with E-state index in [-0.39, 0.29) is 6.04 Å². The van der Waals surface area contributed by atoms with Gasteiger partial charge >= 0.3 is 0 Å².